The van der Waals surface area contributed by atoms with Gasteiger partial charge in [0.05, 0.1) is 10.6 Å². The van der Waals surface area contributed by atoms with E-state index < -0.39 is 28.2 Å². The van der Waals surface area contributed by atoms with Crippen LogP contribution in [0.15, 0.2) is 12.1 Å². The van der Waals surface area contributed by atoms with Gasteiger partial charge in [0.2, 0.25) is 11.7 Å². The van der Waals surface area contributed by atoms with Crippen LogP contribution in [0, 0.1) is 21.7 Å². The summed E-state index contributed by atoms with van der Waals surface area (Å²) in [5.41, 5.74) is -1.25. The number of anilines is 1. The molecule has 1 saturated heterocycles. The summed E-state index contributed by atoms with van der Waals surface area (Å²) in [5, 5.41) is 10.2. The fraction of sp³-hybridized carbons (Fsp3) is 0.333. The third kappa shape index (κ3) is 3.18. The molecule has 1 amide bonds. The number of hydrogen-bond acceptors (Lipinski definition) is 5. The number of amides is 1. The normalized spacial score (nSPS) is 18.1. The molecule has 6 nitrogen and oxygen atoms in total. The number of thioether (sulfide) groups is 1. The van der Waals surface area contributed by atoms with Crippen molar-refractivity contribution in [3.05, 3.63) is 33.9 Å². The van der Waals surface area contributed by atoms with Crippen LogP contribution in [0.5, 0.6) is 0 Å². The van der Waals surface area contributed by atoms with Gasteiger partial charge < -0.3 is 4.90 Å². The quantitative estimate of drug-likeness (QED) is 0.631. The van der Waals surface area contributed by atoms with Gasteiger partial charge >= 0.3 is 5.69 Å². The molecule has 0 aromatic heterocycles. The molecule has 0 radical (unpaired) electrons. The lowest BCUT2D eigenvalue weighted by molar-refractivity contribution is -0.387. The number of benzene rings is 1. The number of nitrogens with zero attached hydrogens (tertiary/aromatic N) is 2. The zero-order valence-corrected chi connectivity index (χ0v) is 11.7. The molecule has 1 atom stereocenters. The Kier molecular flexibility index (Phi) is 4.21. The van der Waals surface area contributed by atoms with Crippen molar-refractivity contribution in [2.75, 3.05) is 11.4 Å². The van der Waals surface area contributed by atoms with Gasteiger partial charge in [-0.2, -0.15) is 4.39 Å². The molecule has 112 valence electrons. The molecule has 2 rings (SSSR count). The van der Waals surface area contributed by atoms with Gasteiger partial charge in [-0.1, -0.05) is 11.8 Å². The number of nitro benzene ring substituents is 1. The van der Waals surface area contributed by atoms with E-state index in [0.29, 0.717) is 12.1 Å². The lowest BCUT2D eigenvalue weighted by Crippen LogP contribution is -2.26. The predicted octanol–water partition coefficient (Wildman–Crippen LogP) is 2.26. The number of carbonyl (C=O) groups is 2. The summed E-state index contributed by atoms with van der Waals surface area (Å²) >= 11 is 0.952. The molecule has 1 aromatic rings. The van der Waals surface area contributed by atoms with Crippen LogP contribution in [0.25, 0.3) is 0 Å². The zero-order chi connectivity index (χ0) is 15.7. The van der Waals surface area contributed by atoms with Gasteiger partial charge in [0.25, 0.3) is 0 Å². The number of rotatable bonds is 3. The average Bonchev–Trinajstić information content (AvgIpc) is 2.68. The topological polar surface area (TPSA) is 80.5 Å². The van der Waals surface area contributed by atoms with E-state index in [1.54, 1.807) is 0 Å². The van der Waals surface area contributed by atoms with E-state index in [1.807, 2.05) is 0 Å². The second-order valence-electron chi connectivity index (χ2n) is 4.45. The maximum atomic E-state index is 13.8. The number of carbonyl (C=O) groups excluding carboxylic acids is 2. The molecule has 0 N–H and O–H groups in total. The van der Waals surface area contributed by atoms with Crippen LogP contribution < -0.4 is 4.90 Å². The van der Waals surface area contributed by atoms with Crippen LogP contribution in [0.1, 0.15) is 13.3 Å². The van der Waals surface area contributed by atoms with Crippen LogP contribution in [-0.4, -0.2) is 27.7 Å². The highest BCUT2D eigenvalue weighted by molar-refractivity contribution is 8.14. The monoisotopic (exact) mass is 316 g/mol. The van der Waals surface area contributed by atoms with E-state index in [4.69, 9.17) is 0 Å². The Morgan fingerprint density at radius 2 is 2.10 bits per heavy atom. The molecule has 0 spiro atoms. The molecule has 1 aromatic carbocycles. The van der Waals surface area contributed by atoms with Crippen molar-refractivity contribution >= 4 is 34.2 Å². The van der Waals surface area contributed by atoms with Gasteiger partial charge in [-0.05, 0) is 0 Å². The fourth-order valence-electron chi connectivity index (χ4n) is 2.09. The summed E-state index contributed by atoms with van der Waals surface area (Å²) in [5.74, 6) is -2.82. The summed E-state index contributed by atoms with van der Waals surface area (Å²) in [6.07, 6.45) is 0.0227. The summed E-state index contributed by atoms with van der Waals surface area (Å²) in [4.78, 5) is 33.6. The Morgan fingerprint density at radius 3 is 2.67 bits per heavy atom. The fourth-order valence-corrected chi connectivity index (χ4v) is 3.01. The predicted molar refractivity (Wildman–Crippen MR) is 72.0 cm³/mol. The number of halogens is 2. The Hall–Kier alpha value is -2.03. The summed E-state index contributed by atoms with van der Waals surface area (Å²) in [6, 6.07) is 1.08. The van der Waals surface area contributed by atoms with Crippen molar-refractivity contribution in [3.8, 4) is 0 Å². The van der Waals surface area contributed by atoms with Gasteiger partial charge in [0.15, 0.2) is 5.12 Å². The molecule has 9 heteroatoms. The lowest BCUT2D eigenvalue weighted by Gasteiger charge is -2.17. The van der Waals surface area contributed by atoms with Crippen molar-refractivity contribution < 1.29 is 23.3 Å². The highest BCUT2D eigenvalue weighted by Crippen LogP contribution is 2.33. The van der Waals surface area contributed by atoms with Crippen LogP contribution >= 0.6 is 11.8 Å². The largest absolute Gasteiger partial charge is 0.308 e. The Labute approximate surface area is 122 Å². The van der Waals surface area contributed by atoms with Gasteiger partial charge in [-0.3, -0.25) is 19.7 Å². The molecule has 0 bridgehead atoms. The van der Waals surface area contributed by atoms with Gasteiger partial charge in [0, 0.05) is 37.3 Å². The van der Waals surface area contributed by atoms with Gasteiger partial charge in [0.1, 0.15) is 5.82 Å². The van der Waals surface area contributed by atoms with Crippen LogP contribution in [0.2, 0.25) is 0 Å². The van der Waals surface area contributed by atoms with Crippen molar-refractivity contribution in [1.82, 2.24) is 0 Å². The van der Waals surface area contributed by atoms with Gasteiger partial charge in [-0.25, -0.2) is 4.39 Å². The van der Waals surface area contributed by atoms with Crippen LogP contribution in [0.3, 0.4) is 0 Å². The number of nitro groups is 1. The first kappa shape index (κ1) is 15.4. The first-order chi connectivity index (χ1) is 9.79. The van der Waals surface area contributed by atoms with Gasteiger partial charge in [-0.15, -0.1) is 0 Å². The zero-order valence-electron chi connectivity index (χ0n) is 10.8. The Morgan fingerprint density at radius 1 is 1.43 bits per heavy atom. The molecule has 0 saturated carbocycles. The molecular formula is C12H10F2N2O4S. The molecule has 21 heavy (non-hydrogen) atoms. The summed E-state index contributed by atoms with van der Waals surface area (Å²) < 4.78 is 27.1. The smallest absolute Gasteiger partial charge is 0.307 e. The van der Waals surface area contributed by atoms with Crippen molar-refractivity contribution in [3.63, 3.8) is 0 Å². The lowest BCUT2D eigenvalue weighted by atomic mass is 10.2. The SMILES string of the molecule is CC(=O)SC1CC(=O)N(c2cc([N+](=O)[O-])c(F)cc2F)C1. The molecular weight excluding hydrogens is 306 g/mol. The maximum absolute atomic E-state index is 13.8. The molecule has 1 unspecified atom stereocenters. The van der Waals surface area contributed by atoms with Crippen LogP contribution in [-0.2, 0) is 9.59 Å². The van der Waals surface area contributed by atoms with E-state index in [1.165, 1.54) is 6.92 Å². The Bertz CT molecular complexity index is 638. The maximum Gasteiger partial charge on any atom is 0.307 e. The molecule has 1 aliphatic heterocycles. The Balaban J connectivity index is 2.34. The average molecular weight is 316 g/mol. The summed E-state index contributed by atoms with van der Waals surface area (Å²) in [6.45, 7) is 1.39. The minimum Gasteiger partial charge on any atom is -0.308 e. The highest BCUT2D eigenvalue weighted by Gasteiger charge is 2.34. The first-order valence-corrected chi connectivity index (χ1v) is 6.78. The second-order valence-corrected chi connectivity index (χ2v) is 5.93. The molecule has 1 aliphatic rings. The van der Waals surface area contributed by atoms with E-state index in [-0.39, 0.29) is 29.0 Å². The third-order valence-corrected chi connectivity index (χ3v) is 3.91. The second kappa shape index (κ2) is 5.76. The van der Waals surface area contributed by atoms with E-state index in [2.05, 4.69) is 0 Å². The van der Waals surface area contributed by atoms with E-state index in [9.17, 15) is 28.5 Å². The minimum atomic E-state index is -1.30. The summed E-state index contributed by atoms with van der Waals surface area (Å²) in [7, 11) is 0. The van der Waals surface area contributed by atoms with Crippen molar-refractivity contribution in [2.45, 2.75) is 18.6 Å². The minimum absolute atomic E-state index is 0.0227. The van der Waals surface area contributed by atoms with E-state index in [0.717, 1.165) is 16.7 Å². The molecule has 0 aliphatic carbocycles. The number of hydrogen-bond donors (Lipinski definition) is 0. The highest BCUT2D eigenvalue weighted by atomic mass is 32.2. The molecule has 1 fully saturated rings. The van der Waals surface area contributed by atoms with Crippen molar-refractivity contribution in [1.29, 1.82) is 0 Å². The third-order valence-electron chi connectivity index (χ3n) is 2.93. The standard InChI is InChI=1S/C12H10F2N2O4S/c1-6(17)21-7-2-12(18)15(5-7)10-4-11(16(19)20)9(14)3-8(10)13/h3-4,7H,2,5H2,1H3. The van der Waals surface area contributed by atoms with Crippen LogP contribution in [0.4, 0.5) is 20.2 Å². The first-order valence-electron chi connectivity index (χ1n) is 5.90. The molecule has 1 heterocycles. The van der Waals surface area contributed by atoms with Crippen molar-refractivity contribution in [2.24, 2.45) is 0 Å². The van der Waals surface area contributed by atoms with E-state index >= 15 is 0 Å².